The first kappa shape index (κ1) is 15.5. The van der Waals surface area contributed by atoms with Crippen LogP contribution in [0.5, 0.6) is 0 Å². The lowest BCUT2D eigenvalue weighted by atomic mass is 9.98. The number of ether oxygens (including phenoxy) is 1. The number of carbonyl (C=O) groups excluding carboxylic acids is 1. The van der Waals surface area contributed by atoms with Crippen LogP contribution in [0.25, 0.3) is 0 Å². The van der Waals surface area contributed by atoms with Gasteiger partial charge in [0.2, 0.25) is 0 Å². The van der Waals surface area contributed by atoms with E-state index in [0.717, 1.165) is 12.8 Å². The molecular weight excluding hydrogens is 200 g/mol. The van der Waals surface area contributed by atoms with Gasteiger partial charge in [-0.15, -0.1) is 0 Å². The van der Waals surface area contributed by atoms with Crippen molar-refractivity contribution >= 4 is 5.97 Å². The second-order valence-corrected chi connectivity index (χ2v) is 4.46. The average Bonchev–Trinajstić information content (AvgIpc) is 2.32. The third-order valence-corrected chi connectivity index (χ3v) is 2.85. The van der Waals surface area contributed by atoms with Gasteiger partial charge < -0.3 is 4.74 Å². The van der Waals surface area contributed by atoms with Crippen LogP contribution >= 0.6 is 0 Å². The first-order valence-corrected chi connectivity index (χ1v) is 6.94. The van der Waals surface area contributed by atoms with Gasteiger partial charge in [0, 0.05) is 6.42 Å². The van der Waals surface area contributed by atoms with Gasteiger partial charge >= 0.3 is 5.97 Å². The van der Waals surface area contributed by atoms with Crippen molar-refractivity contribution in [3.63, 3.8) is 0 Å². The van der Waals surface area contributed by atoms with Crippen LogP contribution in [0.15, 0.2) is 0 Å². The van der Waals surface area contributed by atoms with Gasteiger partial charge in [0.1, 0.15) is 6.10 Å². The molecule has 0 spiro atoms. The van der Waals surface area contributed by atoms with Crippen molar-refractivity contribution in [2.24, 2.45) is 0 Å². The molecule has 16 heavy (non-hydrogen) atoms. The summed E-state index contributed by atoms with van der Waals surface area (Å²) in [4.78, 5) is 10.9. The molecule has 2 heteroatoms. The highest BCUT2D eigenvalue weighted by Crippen LogP contribution is 2.20. The summed E-state index contributed by atoms with van der Waals surface area (Å²) in [6.07, 6.45) is 10.7. The minimum atomic E-state index is -0.0445. The van der Waals surface area contributed by atoms with Crippen LogP contribution in [0, 0.1) is 0 Å². The number of rotatable bonds is 4. The molecule has 1 saturated carbocycles. The Morgan fingerprint density at radius 2 is 1.62 bits per heavy atom. The average molecular weight is 228 g/mol. The van der Waals surface area contributed by atoms with Crippen LogP contribution in [-0.4, -0.2) is 12.1 Å². The lowest BCUT2D eigenvalue weighted by Gasteiger charge is -2.21. The molecule has 2 nitrogen and oxygen atoms in total. The van der Waals surface area contributed by atoms with E-state index in [4.69, 9.17) is 4.74 Å². The number of esters is 1. The minimum Gasteiger partial charge on any atom is -0.462 e. The van der Waals surface area contributed by atoms with Gasteiger partial charge in [-0.2, -0.15) is 0 Å². The summed E-state index contributed by atoms with van der Waals surface area (Å²) in [6, 6.07) is 0. The Labute approximate surface area is 101 Å². The lowest BCUT2D eigenvalue weighted by molar-refractivity contribution is -0.150. The Bertz CT molecular complexity index is 158. The van der Waals surface area contributed by atoms with Crippen LogP contribution in [0.3, 0.4) is 0 Å². The Morgan fingerprint density at radius 1 is 1.06 bits per heavy atom. The molecule has 1 aliphatic carbocycles. The molecule has 0 unspecified atom stereocenters. The molecule has 0 aromatic carbocycles. The predicted octanol–water partition coefficient (Wildman–Crippen LogP) is 4.47. The van der Waals surface area contributed by atoms with Crippen molar-refractivity contribution in [3.8, 4) is 0 Å². The molecule has 1 aliphatic rings. The van der Waals surface area contributed by atoms with Crippen LogP contribution in [0.4, 0.5) is 0 Å². The molecular formula is C14H28O2. The molecule has 0 aromatic rings. The van der Waals surface area contributed by atoms with Crippen LogP contribution in [0.1, 0.15) is 78.6 Å². The molecule has 0 aromatic heterocycles. The monoisotopic (exact) mass is 228 g/mol. The van der Waals surface area contributed by atoms with E-state index in [1.54, 1.807) is 0 Å². The fourth-order valence-electron chi connectivity index (χ4n) is 1.81. The summed E-state index contributed by atoms with van der Waals surface area (Å²) in [5.41, 5.74) is 0. The second kappa shape index (κ2) is 11.0. The van der Waals surface area contributed by atoms with E-state index in [9.17, 15) is 4.79 Å². The van der Waals surface area contributed by atoms with Gasteiger partial charge in [0.15, 0.2) is 0 Å². The topological polar surface area (TPSA) is 26.3 Å². The van der Waals surface area contributed by atoms with Gasteiger partial charge in [-0.05, 0) is 25.7 Å². The molecule has 0 heterocycles. The molecule has 0 bridgehead atoms. The van der Waals surface area contributed by atoms with Crippen molar-refractivity contribution in [2.75, 3.05) is 0 Å². The summed E-state index contributed by atoms with van der Waals surface area (Å²) in [6.45, 7) is 6.26. The number of unbranched alkanes of at least 4 members (excludes halogenated alkanes) is 2. The van der Waals surface area contributed by atoms with E-state index < -0.39 is 0 Å². The maximum Gasteiger partial charge on any atom is 0.305 e. The predicted molar refractivity (Wildman–Crippen MR) is 68.5 cm³/mol. The molecule has 96 valence electrons. The van der Waals surface area contributed by atoms with Crippen molar-refractivity contribution in [1.29, 1.82) is 0 Å². The Balaban J connectivity index is 0.000000385. The summed E-state index contributed by atoms with van der Waals surface area (Å²) >= 11 is 0. The Hall–Kier alpha value is -0.530. The number of hydrogen-bond acceptors (Lipinski definition) is 2. The molecule has 0 radical (unpaired) electrons. The van der Waals surface area contributed by atoms with Gasteiger partial charge in [0.25, 0.3) is 0 Å². The van der Waals surface area contributed by atoms with Gasteiger partial charge in [0.05, 0.1) is 0 Å². The highest BCUT2D eigenvalue weighted by atomic mass is 16.5. The van der Waals surface area contributed by atoms with Crippen molar-refractivity contribution in [1.82, 2.24) is 0 Å². The highest BCUT2D eigenvalue weighted by Gasteiger charge is 2.16. The molecule has 1 rings (SSSR count). The smallest absolute Gasteiger partial charge is 0.305 e. The number of carbonyl (C=O) groups is 1. The molecule has 0 atom stereocenters. The van der Waals surface area contributed by atoms with Crippen LogP contribution in [-0.2, 0) is 9.53 Å². The Morgan fingerprint density at radius 3 is 2.00 bits per heavy atom. The van der Waals surface area contributed by atoms with Gasteiger partial charge in [-0.3, -0.25) is 4.79 Å². The van der Waals surface area contributed by atoms with Crippen molar-refractivity contribution in [2.45, 2.75) is 84.7 Å². The van der Waals surface area contributed by atoms with Crippen LogP contribution in [0.2, 0.25) is 0 Å². The Kier molecular flexibility index (Phi) is 10.6. The summed E-state index contributed by atoms with van der Waals surface area (Å²) in [7, 11) is 0. The fourth-order valence-corrected chi connectivity index (χ4v) is 1.81. The normalized spacial score (nSPS) is 16.2. The number of hydrogen-bond donors (Lipinski definition) is 0. The molecule has 0 aliphatic heterocycles. The molecule has 0 N–H and O–H groups in total. The van der Waals surface area contributed by atoms with Gasteiger partial charge in [-0.1, -0.05) is 46.5 Å². The van der Waals surface area contributed by atoms with E-state index >= 15 is 0 Å². The zero-order chi connectivity index (χ0) is 12.2. The maximum absolute atomic E-state index is 10.9. The third-order valence-electron chi connectivity index (χ3n) is 2.85. The zero-order valence-electron chi connectivity index (χ0n) is 11.3. The van der Waals surface area contributed by atoms with Gasteiger partial charge in [-0.25, -0.2) is 0 Å². The zero-order valence-corrected chi connectivity index (χ0v) is 11.3. The minimum absolute atomic E-state index is 0.0445. The standard InChI is InChI=1S/C9H16O2.C5H12/c1-2-9(10)11-8-6-4-3-5-7-8;1-3-5-4-2/h8H,2-7H2,1H3;3-5H2,1-2H3. The largest absolute Gasteiger partial charge is 0.462 e. The van der Waals surface area contributed by atoms with Crippen molar-refractivity contribution in [3.05, 3.63) is 0 Å². The van der Waals surface area contributed by atoms with Crippen LogP contribution < -0.4 is 0 Å². The second-order valence-electron chi connectivity index (χ2n) is 4.46. The molecule has 0 amide bonds. The summed E-state index contributed by atoms with van der Waals surface area (Å²) in [5, 5.41) is 0. The van der Waals surface area contributed by atoms with E-state index in [2.05, 4.69) is 13.8 Å². The SMILES string of the molecule is CCC(=O)OC1CCCCC1.CCCCC. The first-order chi connectivity index (χ1) is 7.74. The van der Waals surface area contributed by atoms with E-state index in [1.165, 1.54) is 38.5 Å². The van der Waals surface area contributed by atoms with E-state index in [0.29, 0.717) is 6.42 Å². The van der Waals surface area contributed by atoms with E-state index in [-0.39, 0.29) is 12.1 Å². The summed E-state index contributed by atoms with van der Waals surface area (Å²) < 4.78 is 5.20. The fraction of sp³-hybridized carbons (Fsp3) is 0.929. The first-order valence-electron chi connectivity index (χ1n) is 6.94. The summed E-state index contributed by atoms with van der Waals surface area (Å²) in [5.74, 6) is -0.0445. The lowest BCUT2D eigenvalue weighted by Crippen LogP contribution is -2.20. The third kappa shape index (κ3) is 8.75. The quantitative estimate of drug-likeness (QED) is 0.664. The maximum atomic E-state index is 10.9. The van der Waals surface area contributed by atoms with E-state index in [1.807, 2.05) is 6.92 Å². The highest BCUT2D eigenvalue weighted by molar-refractivity contribution is 5.69. The van der Waals surface area contributed by atoms with Crippen molar-refractivity contribution < 1.29 is 9.53 Å². The molecule has 0 saturated heterocycles. The molecule has 1 fully saturated rings.